The van der Waals surface area contributed by atoms with Gasteiger partial charge in [-0.1, -0.05) is 5.21 Å². The number of hydrogen-bond donors (Lipinski definition) is 3. The van der Waals surface area contributed by atoms with Crippen molar-refractivity contribution in [2.45, 2.75) is 19.0 Å². The van der Waals surface area contributed by atoms with Gasteiger partial charge in [0.2, 0.25) is 0 Å². The Kier molecular flexibility index (Phi) is 3.05. The Morgan fingerprint density at radius 1 is 1.65 bits per heavy atom. The lowest BCUT2D eigenvalue weighted by atomic mass is 10.2. The number of nitrogens with one attached hydrogen (secondary N) is 2. The SMILES string of the molecule is CN1C(=O)NC(=N)C1c1cn(CCCO)nn1. The van der Waals surface area contributed by atoms with Crippen LogP contribution in [0.25, 0.3) is 0 Å². The number of nitrogens with zero attached hydrogens (tertiary/aromatic N) is 4. The molecule has 0 bridgehead atoms. The summed E-state index contributed by atoms with van der Waals surface area (Å²) in [7, 11) is 1.61. The zero-order valence-corrected chi connectivity index (χ0v) is 9.42. The molecule has 1 aromatic heterocycles. The molecule has 1 aromatic rings. The third-order valence-electron chi connectivity index (χ3n) is 2.60. The van der Waals surface area contributed by atoms with Crippen molar-refractivity contribution in [2.24, 2.45) is 0 Å². The van der Waals surface area contributed by atoms with E-state index in [0.29, 0.717) is 18.7 Å². The summed E-state index contributed by atoms with van der Waals surface area (Å²) in [5.41, 5.74) is 0.550. The molecule has 2 heterocycles. The molecular formula is C9H14N6O2. The smallest absolute Gasteiger partial charge is 0.323 e. The number of urea groups is 1. The van der Waals surface area contributed by atoms with Gasteiger partial charge in [0, 0.05) is 20.2 Å². The van der Waals surface area contributed by atoms with Crippen molar-refractivity contribution in [1.82, 2.24) is 25.2 Å². The summed E-state index contributed by atoms with van der Waals surface area (Å²) in [5.74, 6) is 0.103. The van der Waals surface area contributed by atoms with E-state index in [1.165, 1.54) is 4.90 Å². The molecule has 8 nitrogen and oxygen atoms in total. The number of aliphatic hydroxyl groups excluding tert-OH is 1. The predicted octanol–water partition coefficient (Wildman–Crippen LogP) is -0.666. The minimum Gasteiger partial charge on any atom is -0.396 e. The number of aliphatic hydroxyl groups is 1. The first-order valence-electron chi connectivity index (χ1n) is 5.26. The quantitative estimate of drug-likeness (QED) is 0.646. The Morgan fingerprint density at radius 3 is 3.00 bits per heavy atom. The molecule has 0 aromatic carbocycles. The summed E-state index contributed by atoms with van der Waals surface area (Å²) < 4.78 is 1.59. The molecule has 0 saturated carbocycles. The van der Waals surface area contributed by atoms with Crippen molar-refractivity contribution in [1.29, 1.82) is 5.41 Å². The molecule has 1 fully saturated rings. The third-order valence-corrected chi connectivity index (χ3v) is 2.60. The van der Waals surface area contributed by atoms with Crippen molar-refractivity contribution in [3.8, 4) is 0 Å². The number of rotatable bonds is 4. The van der Waals surface area contributed by atoms with E-state index >= 15 is 0 Å². The Morgan fingerprint density at radius 2 is 2.41 bits per heavy atom. The van der Waals surface area contributed by atoms with Crippen LogP contribution in [0.5, 0.6) is 0 Å². The fourth-order valence-corrected chi connectivity index (χ4v) is 1.71. The van der Waals surface area contributed by atoms with Crippen molar-refractivity contribution in [3.05, 3.63) is 11.9 Å². The highest BCUT2D eigenvalue weighted by atomic mass is 16.3. The van der Waals surface area contributed by atoms with Crippen LogP contribution in [0.4, 0.5) is 4.79 Å². The van der Waals surface area contributed by atoms with Gasteiger partial charge >= 0.3 is 6.03 Å². The standard InChI is InChI=1S/C9H14N6O2/c1-14-7(8(10)11-9(14)17)6-5-15(13-12-6)3-2-4-16/h5,7,16H,2-4H2,1H3,(H2,10,11,17). The normalized spacial score (nSPS) is 19.9. The van der Waals surface area contributed by atoms with Crippen LogP contribution in [0.3, 0.4) is 0 Å². The Labute approximate surface area is 97.7 Å². The maximum Gasteiger partial charge on any atom is 0.323 e. The first-order valence-corrected chi connectivity index (χ1v) is 5.26. The Hall–Kier alpha value is -1.96. The molecular weight excluding hydrogens is 224 g/mol. The average Bonchev–Trinajstić information content (AvgIpc) is 2.83. The first-order chi connectivity index (χ1) is 8.13. The molecule has 0 aliphatic carbocycles. The minimum atomic E-state index is -0.495. The van der Waals surface area contributed by atoms with Crippen LogP contribution in [-0.2, 0) is 6.54 Å². The monoisotopic (exact) mass is 238 g/mol. The number of likely N-dealkylation sites (N-methyl/N-ethyl adjacent to an activating group) is 1. The maximum atomic E-state index is 11.3. The lowest BCUT2D eigenvalue weighted by molar-refractivity contribution is 0.217. The van der Waals surface area contributed by atoms with Gasteiger partial charge in [-0.15, -0.1) is 5.10 Å². The number of amidine groups is 1. The summed E-state index contributed by atoms with van der Waals surface area (Å²) in [4.78, 5) is 12.7. The van der Waals surface area contributed by atoms with E-state index in [0.717, 1.165) is 0 Å². The second-order valence-electron chi connectivity index (χ2n) is 3.84. The highest BCUT2D eigenvalue weighted by molar-refractivity contribution is 6.05. The zero-order valence-electron chi connectivity index (χ0n) is 9.42. The van der Waals surface area contributed by atoms with Crippen LogP contribution >= 0.6 is 0 Å². The van der Waals surface area contributed by atoms with Crippen LogP contribution in [0, 0.1) is 5.41 Å². The maximum absolute atomic E-state index is 11.3. The van der Waals surface area contributed by atoms with E-state index in [2.05, 4.69) is 15.6 Å². The molecule has 1 atom stereocenters. The van der Waals surface area contributed by atoms with E-state index < -0.39 is 6.04 Å². The van der Waals surface area contributed by atoms with Crippen molar-refractivity contribution >= 4 is 11.9 Å². The molecule has 1 aliphatic heterocycles. The van der Waals surface area contributed by atoms with E-state index in [-0.39, 0.29) is 18.5 Å². The predicted molar refractivity (Wildman–Crippen MR) is 58.5 cm³/mol. The zero-order chi connectivity index (χ0) is 12.4. The van der Waals surface area contributed by atoms with E-state index in [1.54, 1.807) is 17.9 Å². The number of carbonyl (C=O) groups is 1. The largest absolute Gasteiger partial charge is 0.396 e. The van der Waals surface area contributed by atoms with Gasteiger partial charge in [0.1, 0.15) is 17.6 Å². The van der Waals surface area contributed by atoms with Gasteiger partial charge in [0.15, 0.2) is 0 Å². The molecule has 0 radical (unpaired) electrons. The minimum absolute atomic E-state index is 0.0917. The molecule has 1 saturated heterocycles. The van der Waals surface area contributed by atoms with Gasteiger partial charge in [-0.3, -0.25) is 15.4 Å². The van der Waals surface area contributed by atoms with Gasteiger partial charge in [-0.2, -0.15) is 0 Å². The highest BCUT2D eigenvalue weighted by Gasteiger charge is 2.35. The summed E-state index contributed by atoms with van der Waals surface area (Å²) >= 11 is 0. The second kappa shape index (κ2) is 4.50. The summed E-state index contributed by atoms with van der Waals surface area (Å²) in [6.45, 7) is 0.656. The molecule has 17 heavy (non-hydrogen) atoms. The molecule has 0 spiro atoms. The summed E-state index contributed by atoms with van der Waals surface area (Å²) in [5, 5.41) is 26.6. The summed E-state index contributed by atoms with van der Waals surface area (Å²) in [6, 6.07) is -0.810. The van der Waals surface area contributed by atoms with Crippen molar-refractivity contribution in [2.75, 3.05) is 13.7 Å². The third kappa shape index (κ3) is 2.11. The van der Waals surface area contributed by atoms with Crippen molar-refractivity contribution in [3.63, 3.8) is 0 Å². The molecule has 2 rings (SSSR count). The fourth-order valence-electron chi connectivity index (χ4n) is 1.71. The number of amides is 2. The van der Waals surface area contributed by atoms with E-state index in [4.69, 9.17) is 10.5 Å². The van der Waals surface area contributed by atoms with Crippen LogP contribution in [0.15, 0.2) is 6.20 Å². The Balaban J connectivity index is 2.14. The van der Waals surface area contributed by atoms with Gasteiger partial charge in [-0.25, -0.2) is 4.79 Å². The van der Waals surface area contributed by atoms with Crippen LogP contribution < -0.4 is 5.32 Å². The van der Waals surface area contributed by atoms with E-state index in [9.17, 15) is 4.79 Å². The highest BCUT2D eigenvalue weighted by Crippen LogP contribution is 2.21. The molecule has 1 unspecified atom stereocenters. The fraction of sp³-hybridized carbons (Fsp3) is 0.556. The molecule has 8 heteroatoms. The average molecular weight is 238 g/mol. The van der Waals surface area contributed by atoms with Gasteiger partial charge in [0.05, 0.1) is 6.20 Å². The number of aromatic nitrogens is 3. The van der Waals surface area contributed by atoms with Crippen LogP contribution in [-0.4, -0.2) is 50.5 Å². The lowest BCUT2D eigenvalue weighted by Crippen LogP contribution is -2.25. The number of hydrogen-bond acceptors (Lipinski definition) is 5. The van der Waals surface area contributed by atoms with Crippen molar-refractivity contribution < 1.29 is 9.90 Å². The molecule has 2 amide bonds. The topological polar surface area (TPSA) is 107 Å². The Bertz CT molecular complexity index is 442. The van der Waals surface area contributed by atoms with Gasteiger partial charge < -0.3 is 10.0 Å². The first kappa shape index (κ1) is 11.5. The van der Waals surface area contributed by atoms with Crippen LogP contribution in [0.1, 0.15) is 18.2 Å². The molecule has 92 valence electrons. The summed E-state index contributed by atoms with van der Waals surface area (Å²) in [6.07, 6.45) is 2.28. The number of carbonyl (C=O) groups excluding carboxylic acids is 1. The molecule has 1 aliphatic rings. The number of aryl methyl sites for hydroxylation is 1. The van der Waals surface area contributed by atoms with Gasteiger partial charge in [-0.05, 0) is 6.42 Å². The van der Waals surface area contributed by atoms with Gasteiger partial charge in [0.25, 0.3) is 0 Å². The second-order valence-corrected chi connectivity index (χ2v) is 3.84. The lowest BCUT2D eigenvalue weighted by Gasteiger charge is -2.13. The van der Waals surface area contributed by atoms with E-state index in [1.807, 2.05) is 0 Å². The van der Waals surface area contributed by atoms with Crippen LogP contribution in [0.2, 0.25) is 0 Å². The molecule has 3 N–H and O–H groups in total.